The van der Waals surface area contributed by atoms with Crippen molar-refractivity contribution in [1.29, 1.82) is 0 Å². The molecule has 36 heavy (non-hydrogen) atoms. The molecular formula is C29H32Cl2N2O2S. The van der Waals surface area contributed by atoms with Crippen LogP contribution in [0.5, 0.6) is 0 Å². The van der Waals surface area contributed by atoms with Gasteiger partial charge in [0, 0.05) is 34.8 Å². The lowest BCUT2D eigenvalue weighted by molar-refractivity contribution is -0.139. The number of carbonyl (C=O) groups is 2. The summed E-state index contributed by atoms with van der Waals surface area (Å²) < 4.78 is 0. The standard InChI is InChI=1S/C29H32Cl2N2O2S/c1-3-21(2)32-29(35)27(17-22-9-5-4-6-10-22)33(18-23-11-7-13-25(30)15-23)28(34)20-36-19-24-12-8-14-26(31)16-24/h4-16,21,27H,3,17-20H2,1-2H3,(H,32,35)/t21-,27+/m1/s1. The molecule has 190 valence electrons. The smallest absolute Gasteiger partial charge is 0.243 e. The molecule has 0 aliphatic rings. The number of rotatable bonds is 12. The van der Waals surface area contributed by atoms with Gasteiger partial charge in [-0.05, 0) is 54.3 Å². The van der Waals surface area contributed by atoms with Crippen molar-refractivity contribution in [3.05, 3.63) is 106 Å². The van der Waals surface area contributed by atoms with Crippen LogP contribution < -0.4 is 5.32 Å². The van der Waals surface area contributed by atoms with E-state index < -0.39 is 6.04 Å². The van der Waals surface area contributed by atoms with E-state index in [1.54, 1.807) is 11.0 Å². The Morgan fingerprint density at radius 1 is 0.889 bits per heavy atom. The van der Waals surface area contributed by atoms with Gasteiger partial charge in [0.15, 0.2) is 0 Å². The molecule has 1 N–H and O–H groups in total. The minimum atomic E-state index is -0.653. The first-order valence-electron chi connectivity index (χ1n) is 12.1. The number of benzene rings is 3. The third-order valence-corrected chi connectivity index (χ3v) is 7.36. The summed E-state index contributed by atoms with van der Waals surface area (Å²) >= 11 is 13.9. The van der Waals surface area contributed by atoms with Crippen LogP contribution in [0, 0.1) is 0 Å². The molecule has 3 aromatic rings. The summed E-state index contributed by atoms with van der Waals surface area (Å²) in [6, 6.07) is 24.2. The Kier molecular flexibility index (Phi) is 11.2. The second kappa shape index (κ2) is 14.3. The summed E-state index contributed by atoms with van der Waals surface area (Å²) in [7, 11) is 0. The monoisotopic (exact) mass is 542 g/mol. The van der Waals surface area contributed by atoms with Gasteiger partial charge >= 0.3 is 0 Å². The molecule has 4 nitrogen and oxygen atoms in total. The van der Waals surface area contributed by atoms with Gasteiger partial charge in [-0.3, -0.25) is 9.59 Å². The Morgan fingerprint density at radius 3 is 2.14 bits per heavy atom. The van der Waals surface area contributed by atoms with Crippen LogP contribution in [-0.4, -0.2) is 34.6 Å². The third-order valence-electron chi connectivity index (χ3n) is 5.90. The maximum Gasteiger partial charge on any atom is 0.243 e. The number of nitrogens with zero attached hydrogens (tertiary/aromatic N) is 1. The van der Waals surface area contributed by atoms with Crippen molar-refractivity contribution in [2.75, 3.05) is 5.75 Å². The number of hydrogen-bond acceptors (Lipinski definition) is 3. The van der Waals surface area contributed by atoms with Crippen molar-refractivity contribution >= 4 is 46.8 Å². The molecule has 3 aromatic carbocycles. The van der Waals surface area contributed by atoms with Crippen LogP contribution in [0.25, 0.3) is 0 Å². The van der Waals surface area contributed by atoms with Crippen LogP contribution in [-0.2, 0) is 28.3 Å². The fourth-order valence-electron chi connectivity index (χ4n) is 3.79. The molecule has 0 aromatic heterocycles. The first kappa shape index (κ1) is 28.1. The van der Waals surface area contributed by atoms with E-state index >= 15 is 0 Å². The minimum Gasteiger partial charge on any atom is -0.352 e. The third kappa shape index (κ3) is 8.88. The zero-order chi connectivity index (χ0) is 25.9. The molecule has 2 atom stereocenters. The molecule has 0 saturated carbocycles. The highest BCUT2D eigenvalue weighted by Crippen LogP contribution is 2.21. The number of halogens is 2. The quantitative estimate of drug-likeness (QED) is 0.274. The van der Waals surface area contributed by atoms with E-state index in [-0.39, 0.29) is 23.6 Å². The highest BCUT2D eigenvalue weighted by Gasteiger charge is 2.30. The molecule has 0 radical (unpaired) electrons. The van der Waals surface area contributed by atoms with Crippen LogP contribution in [0.15, 0.2) is 78.9 Å². The average Bonchev–Trinajstić information content (AvgIpc) is 2.86. The largest absolute Gasteiger partial charge is 0.352 e. The summed E-state index contributed by atoms with van der Waals surface area (Å²) in [6.45, 7) is 4.29. The van der Waals surface area contributed by atoms with E-state index in [0.29, 0.717) is 28.8 Å². The molecule has 7 heteroatoms. The van der Waals surface area contributed by atoms with Crippen molar-refractivity contribution in [3.8, 4) is 0 Å². The number of carbonyl (C=O) groups excluding carboxylic acids is 2. The summed E-state index contributed by atoms with van der Waals surface area (Å²) in [5.41, 5.74) is 2.93. The Bertz CT molecular complexity index is 1140. The average molecular weight is 544 g/mol. The number of hydrogen-bond donors (Lipinski definition) is 1. The van der Waals surface area contributed by atoms with Gasteiger partial charge in [0.1, 0.15) is 6.04 Å². The number of amides is 2. The lowest BCUT2D eigenvalue weighted by Gasteiger charge is -2.32. The molecule has 2 amide bonds. The van der Waals surface area contributed by atoms with Gasteiger partial charge in [-0.1, -0.05) is 84.7 Å². The fraction of sp³-hybridized carbons (Fsp3) is 0.310. The van der Waals surface area contributed by atoms with Crippen molar-refractivity contribution in [2.45, 2.75) is 51.1 Å². The van der Waals surface area contributed by atoms with Crippen molar-refractivity contribution in [3.63, 3.8) is 0 Å². The van der Waals surface area contributed by atoms with E-state index in [4.69, 9.17) is 23.2 Å². The predicted molar refractivity (Wildman–Crippen MR) is 151 cm³/mol. The van der Waals surface area contributed by atoms with Crippen molar-refractivity contribution in [2.24, 2.45) is 0 Å². The zero-order valence-corrected chi connectivity index (χ0v) is 23.0. The molecule has 0 bridgehead atoms. The normalized spacial score (nSPS) is 12.6. The first-order valence-corrected chi connectivity index (χ1v) is 14.0. The fourth-order valence-corrected chi connectivity index (χ4v) is 5.08. The molecular weight excluding hydrogens is 511 g/mol. The summed E-state index contributed by atoms with van der Waals surface area (Å²) in [6.07, 6.45) is 1.23. The van der Waals surface area contributed by atoms with Crippen molar-refractivity contribution in [1.82, 2.24) is 10.2 Å². The summed E-state index contributed by atoms with van der Waals surface area (Å²) in [5, 5.41) is 4.36. The molecule has 0 aliphatic heterocycles. The van der Waals surface area contributed by atoms with Crippen LogP contribution in [0.3, 0.4) is 0 Å². The Hall–Kier alpha value is -2.47. The van der Waals surface area contributed by atoms with Gasteiger partial charge in [0.2, 0.25) is 11.8 Å². The van der Waals surface area contributed by atoms with Gasteiger partial charge in [-0.2, -0.15) is 0 Å². The molecule has 0 heterocycles. The molecule has 0 fully saturated rings. The molecule has 0 spiro atoms. The second-order valence-corrected chi connectivity index (χ2v) is 10.7. The SMILES string of the molecule is CC[C@@H](C)NC(=O)[C@H](Cc1ccccc1)N(Cc1cccc(Cl)c1)C(=O)CSCc1cccc(Cl)c1. The zero-order valence-electron chi connectivity index (χ0n) is 20.6. The van der Waals surface area contributed by atoms with E-state index in [9.17, 15) is 9.59 Å². The minimum absolute atomic E-state index is 0.0103. The van der Waals surface area contributed by atoms with E-state index in [1.165, 1.54) is 11.8 Å². The second-order valence-electron chi connectivity index (χ2n) is 8.80. The summed E-state index contributed by atoms with van der Waals surface area (Å²) in [4.78, 5) is 28.8. The van der Waals surface area contributed by atoms with Gasteiger partial charge in [0.25, 0.3) is 0 Å². The van der Waals surface area contributed by atoms with Crippen LogP contribution in [0.2, 0.25) is 10.0 Å². The maximum absolute atomic E-state index is 13.6. The van der Waals surface area contributed by atoms with Gasteiger partial charge in [-0.15, -0.1) is 11.8 Å². The molecule has 0 aliphatic carbocycles. The number of nitrogens with one attached hydrogen (secondary N) is 1. The topological polar surface area (TPSA) is 49.4 Å². The lowest BCUT2D eigenvalue weighted by Crippen LogP contribution is -2.52. The maximum atomic E-state index is 13.6. The molecule has 0 unspecified atom stereocenters. The molecule has 0 saturated heterocycles. The van der Waals surface area contributed by atoms with E-state index in [1.807, 2.05) is 86.6 Å². The van der Waals surface area contributed by atoms with Crippen LogP contribution >= 0.6 is 35.0 Å². The first-order chi connectivity index (χ1) is 17.4. The Labute approximate surface area is 228 Å². The lowest BCUT2D eigenvalue weighted by atomic mass is 10.0. The van der Waals surface area contributed by atoms with Crippen molar-refractivity contribution < 1.29 is 9.59 Å². The Morgan fingerprint density at radius 2 is 1.50 bits per heavy atom. The van der Waals surface area contributed by atoms with E-state index in [2.05, 4.69) is 5.32 Å². The van der Waals surface area contributed by atoms with Crippen LogP contribution in [0.4, 0.5) is 0 Å². The van der Waals surface area contributed by atoms with Gasteiger partial charge in [-0.25, -0.2) is 0 Å². The highest BCUT2D eigenvalue weighted by molar-refractivity contribution is 7.99. The Balaban J connectivity index is 1.85. The van der Waals surface area contributed by atoms with E-state index in [0.717, 1.165) is 23.1 Å². The summed E-state index contributed by atoms with van der Waals surface area (Å²) in [5.74, 6) is 0.653. The number of thioether (sulfide) groups is 1. The predicted octanol–water partition coefficient (Wildman–Crippen LogP) is 6.78. The van der Waals surface area contributed by atoms with Gasteiger partial charge < -0.3 is 10.2 Å². The van der Waals surface area contributed by atoms with Gasteiger partial charge in [0.05, 0.1) is 5.75 Å². The molecule has 3 rings (SSSR count). The van der Waals surface area contributed by atoms with Crippen LogP contribution in [0.1, 0.15) is 37.0 Å². The highest BCUT2D eigenvalue weighted by atomic mass is 35.5.